The zero-order valence-corrected chi connectivity index (χ0v) is 16.0. The molecule has 0 saturated heterocycles. The number of para-hydroxylation sites is 1. The molecule has 1 N–H and O–H groups in total. The minimum absolute atomic E-state index is 0.180. The molecule has 0 bridgehead atoms. The molecule has 0 radical (unpaired) electrons. The molecule has 1 aromatic heterocycles. The summed E-state index contributed by atoms with van der Waals surface area (Å²) in [6.07, 6.45) is 1.80. The number of amidine groups is 1. The number of aliphatic imine (C=N–C) groups is 1. The van der Waals surface area contributed by atoms with Crippen LogP contribution in [0, 0.1) is 0 Å². The molecule has 0 fully saturated rings. The van der Waals surface area contributed by atoms with Crippen molar-refractivity contribution in [3.63, 3.8) is 0 Å². The Kier molecular flexibility index (Phi) is 4.69. The summed E-state index contributed by atoms with van der Waals surface area (Å²) in [4.78, 5) is 18.5. The van der Waals surface area contributed by atoms with E-state index in [1.54, 1.807) is 17.4 Å². The van der Waals surface area contributed by atoms with Gasteiger partial charge in [-0.25, -0.2) is 4.99 Å². The minimum atomic E-state index is -0.180. The van der Waals surface area contributed by atoms with Crippen molar-refractivity contribution in [2.45, 2.75) is 0 Å². The van der Waals surface area contributed by atoms with Crippen molar-refractivity contribution in [1.29, 1.82) is 0 Å². The number of benzene rings is 2. The molecule has 1 aliphatic rings. The van der Waals surface area contributed by atoms with Crippen molar-refractivity contribution in [2.75, 3.05) is 5.43 Å². The smallest absolute Gasteiger partial charge is 0.290 e. The van der Waals surface area contributed by atoms with E-state index in [4.69, 9.17) is 0 Å². The lowest BCUT2D eigenvalue weighted by atomic mass is 10.2. The van der Waals surface area contributed by atoms with Gasteiger partial charge in [0.05, 0.1) is 10.6 Å². The fraction of sp³-hybridized carbons (Fsp3) is 0. The van der Waals surface area contributed by atoms with Crippen LogP contribution in [0.15, 0.2) is 87.3 Å². The average molecular weight is 424 g/mol. The molecular formula is C20H14BrN3OS. The predicted molar refractivity (Wildman–Crippen MR) is 110 cm³/mol. The number of hydrazine groups is 1. The average Bonchev–Trinajstić information content (AvgIpc) is 3.28. The molecule has 128 valence electrons. The van der Waals surface area contributed by atoms with Crippen molar-refractivity contribution in [3.05, 3.63) is 92.7 Å². The second kappa shape index (κ2) is 7.27. The Morgan fingerprint density at radius 2 is 1.77 bits per heavy atom. The summed E-state index contributed by atoms with van der Waals surface area (Å²) in [7, 11) is 0. The number of carbonyl (C=O) groups is 1. The van der Waals surface area contributed by atoms with Crippen LogP contribution in [-0.4, -0.2) is 16.8 Å². The zero-order chi connectivity index (χ0) is 17.9. The number of hydrogen-bond acceptors (Lipinski definition) is 4. The Labute approximate surface area is 163 Å². The lowest BCUT2D eigenvalue weighted by Crippen LogP contribution is -2.37. The normalized spacial score (nSPS) is 15.4. The number of carbonyl (C=O) groups excluding carboxylic acids is 1. The van der Waals surface area contributed by atoms with Crippen molar-refractivity contribution < 1.29 is 4.79 Å². The molecule has 4 nitrogen and oxygen atoms in total. The number of anilines is 1. The largest absolute Gasteiger partial charge is 0.297 e. The third-order valence-electron chi connectivity index (χ3n) is 3.79. The molecule has 0 aliphatic carbocycles. The Hall–Kier alpha value is -2.70. The fourth-order valence-electron chi connectivity index (χ4n) is 2.55. The molecule has 4 rings (SSSR count). The molecule has 1 aliphatic heterocycles. The Morgan fingerprint density at radius 3 is 2.46 bits per heavy atom. The molecule has 0 atom stereocenters. The third-order valence-corrected chi connectivity index (χ3v) is 5.18. The van der Waals surface area contributed by atoms with Gasteiger partial charge in [0.15, 0.2) is 5.84 Å². The number of rotatable bonds is 4. The van der Waals surface area contributed by atoms with E-state index in [9.17, 15) is 4.79 Å². The number of amides is 1. The number of nitrogens with zero attached hydrogens (tertiary/aromatic N) is 2. The van der Waals surface area contributed by atoms with Crippen LogP contribution in [-0.2, 0) is 4.79 Å². The van der Waals surface area contributed by atoms with E-state index in [0.717, 1.165) is 20.6 Å². The molecule has 26 heavy (non-hydrogen) atoms. The first-order chi connectivity index (χ1) is 12.7. The highest BCUT2D eigenvalue weighted by Crippen LogP contribution is 2.25. The van der Waals surface area contributed by atoms with Crippen molar-refractivity contribution in [1.82, 2.24) is 5.01 Å². The van der Waals surface area contributed by atoms with Gasteiger partial charge < -0.3 is 0 Å². The first-order valence-corrected chi connectivity index (χ1v) is 9.64. The van der Waals surface area contributed by atoms with Crippen molar-refractivity contribution in [2.24, 2.45) is 4.99 Å². The summed E-state index contributed by atoms with van der Waals surface area (Å²) in [5.41, 5.74) is 5.32. The van der Waals surface area contributed by atoms with Gasteiger partial charge in [-0.15, -0.1) is 11.3 Å². The lowest BCUT2D eigenvalue weighted by molar-refractivity contribution is -0.121. The Morgan fingerprint density at radius 1 is 1.00 bits per heavy atom. The number of nitrogens with one attached hydrogen (secondary N) is 1. The quantitative estimate of drug-likeness (QED) is 0.588. The molecular weight excluding hydrogens is 410 g/mol. The van der Waals surface area contributed by atoms with Crippen LogP contribution in [0.2, 0.25) is 0 Å². The van der Waals surface area contributed by atoms with Gasteiger partial charge in [0.1, 0.15) is 5.70 Å². The first kappa shape index (κ1) is 16.8. The maximum absolute atomic E-state index is 13.0. The highest BCUT2D eigenvalue weighted by molar-refractivity contribution is 9.10. The van der Waals surface area contributed by atoms with E-state index < -0.39 is 0 Å². The number of halogens is 1. The summed E-state index contributed by atoms with van der Waals surface area (Å²) >= 11 is 4.97. The molecule has 0 saturated carbocycles. The molecule has 2 heterocycles. The topological polar surface area (TPSA) is 44.7 Å². The molecule has 0 unspecified atom stereocenters. The van der Waals surface area contributed by atoms with Crippen molar-refractivity contribution >= 4 is 50.8 Å². The molecule has 0 spiro atoms. The standard InChI is InChI=1S/C20H14BrN3OS/c21-15-10-8-14(9-11-15)13-17-20(25)24(23-16-5-2-1-3-6-16)19(22-17)18-7-4-12-26-18/h1-13,23H/b17-13+. The molecule has 3 aromatic rings. The van der Waals surface area contributed by atoms with Crippen LogP contribution in [0.5, 0.6) is 0 Å². The van der Waals surface area contributed by atoms with Crippen LogP contribution in [0.1, 0.15) is 10.4 Å². The summed E-state index contributed by atoms with van der Waals surface area (Å²) in [5.74, 6) is 0.428. The van der Waals surface area contributed by atoms with E-state index in [2.05, 4.69) is 26.3 Å². The number of thiophene rings is 1. The van der Waals surface area contributed by atoms with Crippen molar-refractivity contribution in [3.8, 4) is 0 Å². The van der Waals surface area contributed by atoms with Gasteiger partial charge in [0.2, 0.25) is 0 Å². The molecule has 1 amide bonds. The zero-order valence-electron chi connectivity index (χ0n) is 13.6. The van der Waals surface area contributed by atoms with Crippen LogP contribution in [0.3, 0.4) is 0 Å². The maximum Gasteiger partial charge on any atom is 0.297 e. The van der Waals surface area contributed by atoms with Gasteiger partial charge in [0, 0.05) is 4.47 Å². The van der Waals surface area contributed by atoms with Gasteiger partial charge in [-0.1, -0.05) is 52.3 Å². The highest BCUT2D eigenvalue weighted by Gasteiger charge is 2.32. The SMILES string of the molecule is O=C1/C(=C\c2ccc(Br)cc2)N=C(c2cccs2)N1Nc1ccccc1. The van der Waals surface area contributed by atoms with E-state index in [1.165, 1.54) is 5.01 Å². The summed E-state index contributed by atoms with van der Waals surface area (Å²) in [6.45, 7) is 0. The second-order valence-corrected chi connectivity index (χ2v) is 7.48. The van der Waals surface area contributed by atoms with Crippen LogP contribution >= 0.6 is 27.3 Å². The van der Waals surface area contributed by atoms with Gasteiger partial charge in [-0.2, -0.15) is 5.01 Å². The monoisotopic (exact) mass is 423 g/mol. The Bertz CT molecular complexity index is 980. The minimum Gasteiger partial charge on any atom is -0.290 e. The Balaban J connectivity index is 1.71. The van der Waals surface area contributed by atoms with E-state index in [-0.39, 0.29) is 5.91 Å². The summed E-state index contributed by atoms with van der Waals surface area (Å²) in [6, 6.07) is 21.3. The van der Waals surface area contributed by atoms with Gasteiger partial charge in [-0.3, -0.25) is 10.2 Å². The van der Waals surface area contributed by atoms with Crippen LogP contribution < -0.4 is 5.43 Å². The molecule has 6 heteroatoms. The third kappa shape index (κ3) is 3.47. The highest BCUT2D eigenvalue weighted by atomic mass is 79.9. The maximum atomic E-state index is 13.0. The van der Waals surface area contributed by atoms with Gasteiger partial charge in [0.25, 0.3) is 5.91 Å². The fourth-order valence-corrected chi connectivity index (χ4v) is 3.52. The van der Waals surface area contributed by atoms with Crippen LogP contribution in [0.25, 0.3) is 6.08 Å². The number of hydrogen-bond donors (Lipinski definition) is 1. The van der Waals surface area contributed by atoms with Gasteiger partial charge in [-0.05, 0) is 47.4 Å². The summed E-state index contributed by atoms with van der Waals surface area (Å²) < 4.78 is 0.993. The summed E-state index contributed by atoms with van der Waals surface area (Å²) in [5, 5.41) is 3.48. The van der Waals surface area contributed by atoms with Crippen LogP contribution in [0.4, 0.5) is 5.69 Å². The molecule has 2 aromatic carbocycles. The first-order valence-electron chi connectivity index (χ1n) is 7.97. The lowest BCUT2D eigenvalue weighted by Gasteiger charge is -2.19. The van der Waals surface area contributed by atoms with E-state index in [0.29, 0.717) is 11.5 Å². The second-order valence-electron chi connectivity index (χ2n) is 5.61. The predicted octanol–water partition coefficient (Wildman–Crippen LogP) is 5.17. The van der Waals surface area contributed by atoms with E-state index >= 15 is 0 Å². The van der Waals surface area contributed by atoms with Gasteiger partial charge >= 0.3 is 0 Å². The van der Waals surface area contributed by atoms with E-state index in [1.807, 2.05) is 72.1 Å².